The minimum absolute atomic E-state index is 0.257. The van der Waals surface area contributed by atoms with Crippen LogP contribution in [0.5, 0.6) is 0 Å². The molecule has 0 bridgehead atoms. The molecule has 45 valence electrons. The van der Waals surface area contributed by atoms with E-state index in [-0.39, 0.29) is 6.10 Å². The van der Waals surface area contributed by atoms with Crippen molar-refractivity contribution in [3.8, 4) is 0 Å². The standard InChI is InChI=1S/C5H8NOS/c8-4-2-5-1-3-6-7-5/h5,8H,1-2,4H2. The number of nitrogens with zero attached hydrogens (tertiary/aromatic N) is 1. The van der Waals surface area contributed by atoms with Gasteiger partial charge in [0.25, 0.3) is 0 Å². The van der Waals surface area contributed by atoms with Crippen molar-refractivity contribution in [3.63, 3.8) is 0 Å². The van der Waals surface area contributed by atoms with Gasteiger partial charge in [-0.15, -0.1) is 0 Å². The van der Waals surface area contributed by atoms with E-state index in [0.717, 1.165) is 18.6 Å². The molecule has 0 aromatic carbocycles. The molecular weight excluding hydrogens is 122 g/mol. The maximum Gasteiger partial charge on any atom is 0.134 e. The first-order valence-electron chi connectivity index (χ1n) is 2.63. The maximum absolute atomic E-state index is 4.86. The number of rotatable bonds is 2. The first-order chi connectivity index (χ1) is 3.93. The fourth-order valence-corrected chi connectivity index (χ4v) is 0.875. The van der Waals surface area contributed by atoms with Gasteiger partial charge in [0.05, 0.1) is 0 Å². The van der Waals surface area contributed by atoms with Gasteiger partial charge in [-0.1, -0.05) is 5.16 Å². The van der Waals surface area contributed by atoms with Gasteiger partial charge in [0, 0.05) is 6.42 Å². The molecular formula is C5H8NOS. The fourth-order valence-electron chi connectivity index (χ4n) is 0.587. The predicted molar refractivity (Wildman–Crippen MR) is 35.4 cm³/mol. The molecule has 3 heteroatoms. The van der Waals surface area contributed by atoms with Gasteiger partial charge in [-0.25, -0.2) is 0 Å². The molecule has 0 spiro atoms. The summed E-state index contributed by atoms with van der Waals surface area (Å²) in [5.74, 6) is 0.863. The third kappa shape index (κ3) is 1.40. The van der Waals surface area contributed by atoms with Crippen molar-refractivity contribution < 1.29 is 4.84 Å². The van der Waals surface area contributed by atoms with Crippen LogP contribution in [0.25, 0.3) is 0 Å². The predicted octanol–water partition coefficient (Wildman–Crippen LogP) is 0.958. The van der Waals surface area contributed by atoms with Crippen LogP contribution in [-0.4, -0.2) is 18.1 Å². The highest BCUT2D eigenvalue weighted by molar-refractivity contribution is 7.80. The van der Waals surface area contributed by atoms with Gasteiger partial charge in [0.1, 0.15) is 12.3 Å². The van der Waals surface area contributed by atoms with Crippen molar-refractivity contribution in [3.05, 3.63) is 0 Å². The molecule has 1 aliphatic heterocycles. The van der Waals surface area contributed by atoms with Crippen LogP contribution in [-0.2, 0) is 4.84 Å². The van der Waals surface area contributed by atoms with E-state index >= 15 is 0 Å². The van der Waals surface area contributed by atoms with Gasteiger partial charge in [-0.3, -0.25) is 0 Å². The van der Waals surface area contributed by atoms with Crippen LogP contribution in [0.1, 0.15) is 12.8 Å². The Bertz CT molecular complexity index is 86.4. The average molecular weight is 130 g/mol. The summed E-state index contributed by atoms with van der Waals surface area (Å²) in [4.78, 5) is 4.86. The number of thiol groups is 1. The molecule has 0 saturated carbocycles. The maximum atomic E-state index is 4.86. The Balaban J connectivity index is 2.10. The van der Waals surface area contributed by atoms with E-state index in [4.69, 9.17) is 4.84 Å². The Morgan fingerprint density at radius 3 is 3.25 bits per heavy atom. The topological polar surface area (TPSA) is 21.6 Å². The summed E-state index contributed by atoms with van der Waals surface area (Å²) < 4.78 is 0. The van der Waals surface area contributed by atoms with E-state index in [0.29, 0.717) is 0 Å². The lowest BCUT2D eigenvalue weighted by Gasteiger charge is -2.02. The van der Waals surface area contributed by atoms with E-state index in [2.05, 4.69) is 24.0 Å². The lowest BCUT2D eigenvalue weighted by molar-refractivity contribution is 0.0839. The zero-order valence-corrected chi connectivity index (χ0v) is 5.40. The van der Waals surface area contributed by atoms with Gasteiger partial charge >= 0.3 is 0 Å². The summed E-state index contributed by atoms with van der Waals surface area (Å²) in [5.41, 5.74) is 0. The smallest absolute Gasteiger partial charge is 0.134 e. The largest absolute Gasteiger partial charge is 0.392 e. The van der Waals surface area contributed by atoms with Crippen LogP contribution in [0.15, 0.2) is 5.16 Å². The fraction of sp³-hybridized carbons (Fsp3) is 0.800. The molecule has 0 saturated heterocycles. The summed E-state index contributed by atoms with van der Waals surface area (Å²) in [6, 6.07) is 0. The van der Waals surface area contributed by atoms with E-state index < -0.39 is 0 Å². The zero-order valence-electron chi connectivity index (χ0n) is 4.50. The van der Waals surface area contributed by atoms with Crippen LogP contribution in [0.2, 0.25) is 0 Å². The van der Waals surface area contributed by atoms with Gasteiger partial charge in [0.2, 0.25) is 0 Å². The van der Waals surface area contributed by atoms with Crippen LogP contribution in [0.4, 0.5) is 0 Å². The second-order valence-corrected chi connectivity index (χ2v) is 2.14. The van der Waals surface area contributed by atoms with Crippen molar-refractivity contribution in [1.29, 1.82) is 0 Å². The van der Waals surface area contributed by atoms with E-state index in [1.807, 2.05) is 0 Å². The van der Waals surface area contributed by atoms with Gasteiger partial charge in [0.15, 0.2) is 0 Å². The molecule has 0 aliphatic carbocycles. The molecule has 0 amide bonds. The summed E-state index contributed by atoms with van der Waals surface area (Å²) in [7, 11) is 0. The molecule has 1 rings (SSSR count). The van der Waals surface area contributed by atoms with Crippen LogP contribution >= 0.6 is 12.6 Å². The van der Waals surface area contributed by atoms with Crippen LogP contribution < -0.4 is 0 Å². The third-order valence-electron chi connectivity index (χ3n) is 1.04. The highest BCUT2D eigenvalue weighted by Gasteiger charge is 2.11. The molecule has 0 fully saturated rings. The molecule has 8 heavy (non-hydrogen) atoms. The number of hydrogen-bond acceptors (Lipinski definition) is 3. The molecule has 0 N–H and O–H groups in total. The van der Waals surface area contributed by atoms with E-state index in [1.165, 1.54) is 0 Å². The van der Waals surface area contributed by atoms with E-state index in [1.54, 1.807) is 0 Å². The molecule has 1 aliphatic rings. The van der Waals surface area contributed by atoms with Crippen molar-refractivity contribution in [2.24, 2.45) is 5.16 Å². The Labute approximate surface area is 54.3 Å². The van der Waals surface area contributed by atoms with Crippen molar-refractivity contribution in [1.82, 2.24) is 0 Å². The van der Waals surface area contributed by atoms with Crippen molar-refractivity contribution >= 4 is 18.8 Å². The lowest BCUT2D eigenvalue weighted by Crippen LogP contribution is -2.04. The molecule has 1 radical (unpaired) electrons. The van der Waals surface area contributed by atoms with Crippen LogP contribution in [0.3, 0.4) is 0 Å². The third-order valence-corrected chi connectivity index (χ3v) is 1.29. The molecule has 0 aromatic heterocycles. The van der Waals surface area contributed by atoms with Gasteiger partial charge in [-0.2, -0.15) is 12.6 Å². The Morgan fingerprint density at radius 2 is 2.75 bits per heavy atom. The molecule has 1 unspecified atom stereocenters. The first kappa shape index (κ1) is 5.95. The summed E-state index contributed by atoms with van der Waals surface area (Å²) in [6.07, 6.45) is 4.79. The minimum Gasteiger partial charge on any atom is -0.392 e. The average Bonchev–Trinajstić information content (AvgIpc) is 2.19. The quantitative estimate of drug-likeness (QED) is 0.552. The van der Waals surface area contributed by atoms with Crippen molar-refractivity contribution in [2.75, 3.05) is 5.75 Å². The highest BCUT2D eigenvalue weighted by Crippen LogP contribution is 2.08. The Morgan fingerprint density at radius 1 is 1.88 bits per heavy atom. The summed E-state index contributed by atoms with van der Waals surface area (Å²) in [5, 5.41) is 3.50. The normalized spacial score (nSPS) is 25.9. The second kappa shape index (κ2) is 2.97. The molecule has 0 aromatic rings. The first-order valence-corrected chi connectivity index (χ1v) is 3.26. The number of hydrogen-bond donors (Lipinski definition) is 1. The SMILES string of the molecule is SCCC1C[C]=NO1. The monoisotopic (exact) mass is 130 g/mol. The Kier molecular flexibility index (Phi) is 2.21. The van der Waals surface area contributed by atoms with Crippen molar-refractivity contribution in [2.45, 2.75) is 18.9 Å². The summed E-state index contributed by atoms with van der Waals surface area (Å²) in [6.45, 7) is 0. The van der Waals surface area contributed by atoms with Gasteiger partial charge in [-0.05, 0) is 12.2 Å². The highest BCUT2D eigenvalue weighted by atomic mass is 32.1. The van der Waals surface area contributed by atoms with Gasteiger partial charge < -0.3 is 4.84 Å². The molecule has 2 nitrogen and oxygen atoms in total. The minimum atomic E-state index is 0.257. The Hall–Kier alpha value is -0.180. The molecule has 1 atom stereocenters. The lowest BCUT2D eigenvalue weighted by atomic mass is 10.2. The van der Waals surface area contributed by atoms with E-state index in [9.17, 15) is 0 Å². The van der Waals surface area contributed by atoms with Crippen LogP contribution in [0, 0.1) is 0 Å². The second-order valence-electron chi connectivity index (χ2n) is 1.69. The molecule has 1 heterocycles. The summed E-state index contributed by atoms with van der Waals surface area (Å²) >= 11 is 4.05. The zero-order chi connectivity index (χ0) is 5.82.